The summed E-state index contributed by atoms with van der Waals surface area (Å²) in [7, 11) is -3.08. The van der Waals surface area contributed by atoms with E-state index in [-0.39, 0.29) is 12.4 Å². The third kappa shape index (κ3) is 5.01. The molecule has 0 aliphatic rings. The summed E-state index contributed by atoms with van der Waals surface area (Å²) in [6.45, 7) is 3.98. The number of sulfone groups is 1. The van der Waals surface area contributed by atoms with Crippen molar-refractivity contribution in [2.45, 2.75) is 25.5 Å². The number of benzene rings is 1. The lowest BCUT2D eigenvalue weighted by molar-refractivity contribution is 0.340. The van der Waals surface area contributed by atoms with Crippen LogP contribution in [0.5, 0.6) is 5.75 Å². The zero-order valence-corrected chi connectivity index (χ0v) is 12.8. The summed E-state index contributed by atoms with van der Waals surface area (Å²) in [6.07, 6.45) is 0.752. The summed E-state index contributed by atoms with van der Waals surface area (Å²) < 4.78 is 28.6. The Morgan fingerprint density at radius 3 is 2.58 bits per heavy atom. The molecule has 2 N–H and O–H groups in total. The van der Waals surface area contributed by atoms with Gasteiger partial charge in [-0.1, -0.05) is 17.7 Å². The van der Waals surface area contributed by atoms with Gasteiger partial charge in [0.05, 0.1) is 16.0 Å². The molecule has 0 unspecified atom stereocenters. The van der Waals surface area contributed by atoms with Crippen LogP contribution in [0.4, 0.5) is 0 Å². The summed E-state index contributed by atoms with van der Waals surface area (Å²) in [5.41, 5.74) is 6.50. The van der Waals surface area contributed by atoms with Gasteiger partial charge in [-0.3, -0.25) is 0 Å². The second-order valence-electron chi connectivity index (χ2n) is 4.57. The molecule has 6 heteroatoms. The molecule has 1 aromatic rings. The minimum Gasteiger partial charge on any atom is -0.491 e. The fourth-order valence-corrected chi connectivity index (χ4v) is 2.53. The van der Waals surface area contributed by atoms with Gasteiger partial charge in [0.2, 0.25) is 0 Å². The highest BCUT2D eigenvalue weighted by Gasteiger charge is 2.16. The lowest BCUT2D eigenvalue weighted by Crippen LogP contribution is -2.22. The van der Waals surface area contributed by atoms with E-state index in [1.54, 1.807) is 26.0 Å². The molecule has 0 amide bonds. The van der Waals surface area contributed by atoms with Crippen LogP contribution in [0.3, 0.4) is 0 Å². The van der Waals surface area contributed by atoms with Crippen molar-refractivity contribution in [2.24, 2.45) is 5.73 Å². The minimum absolute atomic E-state index is 0.00839. The van der Waals surface area contributed by atoms with Crippen LogP contribution in [0, 0.1) is 0 Å². The Hall–Kier alpha value is -0.780. The SMILES string of the molecule is CC(C)S(=O)(=O)CCOc1ccc(CCN)cc1Cl. The van der Waals surface area contributed by atoms with E-state index in [9.17, 15) is 8.42 Å². The minimum atomic E-state index is -3.08. The molecule has 0 fully saturated rings. The van der Waals surface area contributed by atoms with E-state index in [1.807, 2.05) is 6.07 Å². The van der Waals surface area contributed by atoms with Gasteiger partial charge >= 0.3 is 0 Å². The van der Waals surface area contributed by atoms with Crippen LogP contribution >= 0.6 is 11.6 Å². The Kier molecular flexibility index (Phi) is 6.10. The number of ether oxygens (including phenoxy) is 1. The van der Waals surface area contributed by atoms with Crippen molar-refractivity contribution in [3.8, 4) is 5.75 Å². The van der Waals surface area contributed by atoms with Crippen molar-refractivity contribution in [3.05, 3.63) is 28.8 Å². The zero-order valence-electron chi connectivity index (χ0n) is 11.2. The summed E-state index contributed by atoms with van der Waals surface area (Å²) in [5, 5.41) is 0.0893. The van der Waals surface area contributed by atoms with E-state index in [0.717, 1.165) is 12.0 Å². The van der Waals surface area contributed by atoms with Gasteiger partial charge in [0.15, 0.2) is 9.84 Å². The molecule has 4 nitrogen and oxygen atoms in total. The third-order valence-electron chi connectivity index (χ3n) is 2.77. The number of hydrogen-bond acceptors (Lipinski definition) is 4. The normalized spacial score (nSPS) is 11.8. The van der Waals surface area contributed by atoms with Crippen molar-refractivity contribution in [2.75, 3.05) is 18.9 Å². The molecule has 108 valence electrons. The molecule has 1 rings (SSSR count). The summed E-state index contributed by atoms with van der Waals surface area (Å²) >= 11 is 6.06. The highest BCUT2D eigenvalue weighted by Crippen LogP contribution is 2.25. The highest BCUT2D eigenvalue weighted by molar-refractivity contribution is 7.91. The molecule has 19 heavy (non-hydrogen) atoms. The number of halogens is 1. The molecule has 0 aliphatic carbocycles. The first kappa shape index (κ1) is 16.3. The van der Waals surface area contributed by atoms with Gasteiger partial charge in [0.25, 0.3) is 0 Å². The molecular weight excluding hydrogens is 286 g/mol. The molecule has 0 bridgehead atoms. The predicted molar refractivity (Wildman–Crippen MR) is 78.6 cm³/mol. The van der Waals surface area contributed by atoms with E-state index in [2.05, 4.69) is 0 Å². The first-order valence-corrected chi connectivity index (χ1v) is 8.29. The lowest BCUT2D eigenvalue weighted by atomic mass is 10.1. The van der Waals surface area contributed by atoms with Gasteiger partial charge in [-0.2, -0.15) is 0 Å². The maximum Gasteiger partial charge on any atom is 0.155 e. The summed E-state index contributed by atoms with van der Waals surface area (Å²) in [4.78, 5) is 0. The Labute approximate surface area is 119 Å². The van der Waals surface area contributed by atoms with Gasteiger partial charge in [-0.15, -0.1) is 0 Å². The Morgan fingerprint density at radius 1 is 1.37 bits per heavy atom. The van der Waals surface area contributed by atoms with E-state index in [4.69, 9.17) is 22.1 Å². The predicted octanol–water partition coefficient (Wildman–Crippen LogP) is 2.04. The van der Waals surface area contributed by atoms with Gasteiger partial charge in [-0.05, 0) is 44.5 Å². The highest BCUT2D eigenvalue weighted by atomic mass is 35.5. The standard InChI is InChI=1S/C13H20ClNO3S/c1-10(2)19(16,17)8-7-18-13-4-3-11(5-6-15)9-12(13)14/h3-4,9-10H,5-8,15H2,1-2H3. The van der Waals surface area contributed by atoms with Gasteiger partial charge in [-0.25, -0.2) is 8.42 Å². The van der Waals surface area contributed by atoms with E-state index in [0.29, 0.717) is 17.3 Å². The van der Waals surface area contributed by atoms with Gasteiger partial charge in [0.1, 0.15) is 12.4 Å². The van der Waals surface area contributed by atoms with Crippen molar-refractivity contribution >= 4 is 21.4 Å². The van der Waals surface area contributed by atoms with E-state index >= 15 is 0 Å². The third-order valence-corrected chi connectivity index (χ3v) is 5.24. The monoisotopic (exact) mass is 305 g/mol. The maximum atomic E-state index is 11.6. The smallest absolute Gasteiger partial charge is 0.155 e. The Balaban J connectivity index is 2.59. The first-order valence-electron chi connectivity index (χ1n) is 6.19. The lowest BCUT2D eigenvalue weighted by Gasteiger charge is -2.11. The number of rotatable bonds is 7. The Morgan fingerprint density at radius 2 is 2.05 bits per heavy atom. The van der Waals surface area contributed by atoms with Crippen molar-refractivity contribution in [1.29, 1.82) is 0 Å². The Bertz CT molecular complexity index is 515. The second kappa shape index (κ2) is 7.12. The molecule has 0 aromatic heterocycles. The van der Waals surface area contributed by atoms with Crippen LogP contribution in [-0.4, -0.2) is 32.6 Å². The van der Waals surface area contributed by atoms with Crippen molar-refractivity contribution < 1.29 is 13.2 Å². The summed E-state index contributed by atoms with van der Waals surface area (Å²) in [6, 6.07) is 5.42. The fourth-order valence-electron chi connectivity index (χ4n) is 1.49. The van der Waals surface area contributed by atoms with Gasteiger partial charge < -0.3 is 10.5 Å². The van der Waals surface area contributed by atoms with Crippen LogP contribution in [0.15, 0.2) is 18.2 Å². The molecular formula is C13H20ClNO3S. The molecule has 0 atom stereocenters. The number of hydrogen-bond donors (Lipinski definition) is 1. The summed E-state index contributed by atoms with van der Waals surface area (Å²) in [5.74, 6) is 0.493. The van der Waals surface area contributed by atoms with Crippen LogP contribution < -0.4 is 10.5 Å². The average molecular weight is 306 g/mol. The molecule has 0 spiro atoms. The zero-order chi connectivity index (χ0) is 14.5. The second-order valence-corrected chi connectivity index (χ2v) is 7.65. The topological polar surface area (TPSA) is 69.4 Å². The van der Waals surface area contributed by atoms with Crippen LogP contribution in [0.2, 0.25) is 5.02 Å². The maximum absolute atomic E-state index is 11.6. The van der Waals surface area contributed by atoms with Gasteiger partial charge in [0, 0.05) is 0 Å². The molecule has 1 aromatic carbocycles. The van der Waals surface area contributed by atoms with Crippen LogP contribution in [-0.2, 0) is 16.3 Å². The van der Waals surface area contributed by atoms with E-state index in [1.165, 1.54) is 0 Å². The largest absolute Gasteiger partial charge is 0.491 e. The van der Waals surface area contributed by atoms with Crippen molar-refractivity contribution in [1.82, 2.24) is 0 Å². The molecule has 0 saturated carbocycles. The number of nitrogens with two attached hydrogens (primary N) is 1. The first-order chi connectivity index (χ1) is 8.86. The molecule has 0 saturated heterocycles. The molecule has 0 radical (unpaired) electrons. The van der Waals surface area contributed by atoms with Crippen molar-refractivity contribution in [3.63, 3.8) is 0 Å². The molecule has 0 heterocycles. The van der Waals surface area contributed by atoms with Crippen LogP contribution in [0.1, 0.15) is 19.4 Å². The van der Waals surface area contributed by atoms with Crippen LogP contribution in [0.25, 0.3) is 0 Å². The quantitative estimate of drug-likeness (QED) is 0.837. The van der Waals surface area contributed by atoms with E-state index < -0.39 is 15.1 Å². The molecule has 0 aliphatic heterocycles. The average Bonchev–Trinajstić information content (AvgIpc) is 2.32. The fraction of sp³-hybridized carbons (Fsp3) is 0.538.